The number of nitrogen functional groups attached to an aromatic ring is 1. The zero-order valence-corrected chi connectivity index (χ0v) is 15.3. The van der Waals surface area contributed by atoms with E-state index in [1.807, 2.05) is 0 Å². The Bertz CT molecular complexity index is 1170. The fourth-order valence-corrected chi connectivity index (χ4v) is 5.19. The van der Waals surface area contributed by atoms with E-state index in [0.717, 1.165) is 0 Å². The number of nitrogens with two attached hydrogens (primary N) is 1. The molecule has 0 fully saturated rings. The molecule has 10 nitrogen and oxygen atoms in total. The maximum Gasteiger partial charge on any atom is 0.320 e. The van der Waals surface area contributed by atoms with Crippen LogP contribution in [0.4, 0.5) is 5.82 Å². The highest BCUT2D eigenvalue weighted by Crippen LogP contribution is 2.36. The molecule has 28 heavy (non-hydrogen) atoms. The number of allylic oxidation sites excluding steroid dienone is 1. The lowest BCUT2D eigenvalue weighted by molar-refractivity contribution is -0.504. The molecule has 2 N–H and O–H groups in total. The molecule has 0 spiro atoms. The van der Waals surface area contributed by atoms with Crippen LogP contribution >= 0.6 is 0 Å². The second kappa shape index (κ2) is 6.68. The normalized spacial score (nSPS) is 20.4. The van der Waals surface area contributed by atoms with Gasteiger partial charge in [-0.25, -0.2) is 23.4 Å². The summed E-state index contributed by atoms with van der Waals surface area (Å²) in [6.07, 6.45) is 6.38. The van der Waals surface area contributed by atoms with Crippen LogP contribution in [0.5, 0.6) is 0 Å². The first kappa shape index (κ1) is 18.0. The van der Waals surface area contributed by atoms with Crippen LogP contribution in [0.25, 0.3) is 11.2 Å². The van der Waals surface area contributed by atoms with Gasteiger partial charge in [-0.15, -0.1) is 0 Å². The van der Waals surface area contributed by atoms with Crippen LogP contribution in [-0.4, -0.2) is 38.2 Å². The Morgan fingerprint density at radius 1 is 1.18 bits per heavy atom. The lowest BCUT2D eigenvalue weighted by atomic mass is 10.1. The number of aromatic nitrogens is 4. The number of anilines is 1. The van der Waals surface area contributed by atoms with Gasteiger partial charge in [-0.2, -0.15) is 0 Å². The molecule has 0 aliphatic heterocycles. The van der Waals surface area contributed by atoms with Crippen molar-refractivity contribution in [2.75, 3.05) is 5.73 Å². The minimum atomic E-state index is -4.15. The minimum absolute atomic E-state index is 0.0675. The van der Waals surface area contributed by atoms with Gasteiger partial charge in [-0.3, -0.25) is 10.1 Å². The standard InChI is InChI=1S/C17H16N6O4S/c18-15-14-16(20-9-19-15)22(10-21-14)12-7-6-11(8-12)17(23(24)25)28(26,27)13-4-2-1-3-5-13/h1-7,9-12,17H,8H2,(H2,18,19,20)/t11-,12+,17?/m1/s1. The van der Waals surface area contributed by atoms with Crippen molar-refractivity contribution in [2.45, 2.75) is 22.7 Å². The lowest BCUT2D eigenvalue weighted by Gasteiger charge is -2.18. The summed E-state index contributed by atoms with van der Waals surface area (Å²) in [4.78, 5) is 23.1. The Balaban J connectivity index is 1.66. The molecule has 2 aromatic heterocycles. The van der Waals surface area contributed by atoms with Crippen molar-refractivity contribution < 1.29 is 13.3 Å². The molecule has 0 saturated heterocycles. The van der Waals surface area contributed by atoms with Gasteiger partial charge in [0.15, 0.2) is 11.5 Å². The van der Waals surface area contributed by atoms with E-state index >= 15 is 0 Å². The number of rotatable bonds is 5. The molecule has 3 aromatic rings. The van der Waals surface area contributed by atoms with Gasteiger partial charge in [0.2, 0.25) is 9.84 Å². The van der Waals surface area contributed by atoms with Gasteiger partial charge < -0.3 is 10.3 Å². The molecule has 1 aliphatic carbocycles. The molecule has 1 aromatic carbocycles. The largest absolute Gasteiger partial charge is 0.382 e. The molecular weight excluding hydrogens is 384 g/mol. The third-order valence-electron chi connectivity index (χ3n) is 4.80. The van der Waals surface area contributed by atoms with Gasteiger partial charge in [-0.1, -0.05) is 30.4 Å². The van der Waals surface area contributed by atoms with Crippen molar-refractivity contribution in [2.24, 2.45) is 5.92 Å². The van der Waals surface area contributed by atoms with E-state index in [1.165, 1.54) is 24.8 Å². The van der Waals surface area contributed by atoms with Crippen LogP contribution in [0.2, 0.25) is 0 Å². The zero-order chi connectivity index (χ0) is 19.9. The van der Waals surface area contributed by atoms with Gasteiger partial charge >= 0.3 is 5.37 Å². The van der Waals surface area contributed by atoms with Crippen LogP contribution in [0.1, 0.15) is 12.5 Å². The molecular formula is C17H16N6O4S. The molecule has 0 radical (unpaired) electrons. The average molecular weight is 400 g/mol. The van der Waals surface area contributed by atoms with E-state index < -0.39 is 26.1 Å². The second-order valence-electron chi connectivity index (χ2n) is 6.47. The molecule has 144 valence electrons. The third kappa shape index (κ3) is 2.89. The number of nitro groups is 1. The highest BCUT2D eigenvalue weighted by atomic mass is 32.2. The molecule has 0 bridgehead atoms. The van der Waals surface area contributed by atoms with E-state index in [9.17, 15) is 18.5 Å². The third-order valence-corrected chi connectivity index (χ3v) is 6.89. The molecule has 3 atom stereocenters. The Kier molecular flexibility index (Phi) is 4.30. The van der Waals surface area contributed by atoms with Crippen molar-refractivity contribution in [3.8, 4) is 0 Å². The predicted molar refractivity (Wildman–Crippen MR) is 100 cm³/mol. The first-order valence-corrected chi connectivity index (χ1v) is 9.98. The molecule has 2 heterocycles. The molecule has 0 amide bonds. The summed E-state index contributed by atoms with van der Waals surface area (Å²) in [6.45, 7) is 0. The van der Waals surface area contributed by atoms with Crippen molar-refractivity contribution in [3.63, 3.8) is 0 Å². The fourth-order valence-electron chi connectivity index (χ4n) is 3.49. The van der Waals surface area contributed by atoms with Crippen LogP contribution in [0.15, 0.2) is 60.0 Å². The number of hydrogen-bond acceptors (Lipinski definition) is 8. The molecule has 4 rings (SSSR count). The quantitative estimate of drug-likeness (QED) is 0.386. The Hall–Kier alpha value is -3.34. The summed E-state index contributed by atoms with van der Waals surface area (Å²) >= 11 is 0. The molecule has 1 unspecified atom stereocenters. The number of imidazole rings is 1. The van der Waals surface area contributed by atoms with E-state index in [0.29, 0.717) is 11.2 Å². The summed E-state index contributed by atoms with van der Waals surface area (Å²) in [5.41, 5.74) is 6.72. The van der Waals surface area contributed by atoms with Crippen LogP contribution in [0.3, 0.4) is 0 Å². The first-order chi connectivity index (χ1) is 13.4. The maximum absolute atomic E-state index is 12.9. The number of benzene rings is 1. The van der Waals surface area contributed by atoms with Gasteiger partial charge in [0, 0.05) is 4.92 Å². The number of nitrogens with zero attached hydrogens (tertiary/aromatic N) is 5. The number of sulfone groups is 1. The van der Waals surface area contributed by atoms with E-state index in [2.05, 4.69) is 15.0 Å². The highest BCUT2D eigenvalue weighted by Gasteiger charge is 2.46. The Morgan fingerprint density at radius 3 is 2.64 bits per heavy atom. The van der Waals surface area contributed by atoms with E-state index in [4.69, 9.17) is 5.73 Å². The monoisotopic (exact) mass is 400 g/mol. The molecule has 0 saturated carbocycles. The van der Waals surface area contributed by atoms with Crippen molar-refractivity contribution >= 4 is 26.8 Å². The highest BCUT2D eigenvalue weighted by molar-refractivity contribution is 7.91. The van der Waals surface area contributed by atoms with Gasteiger partial charge in [0.05, 0.1) is 23.2 Å². The van der Waals surface area contributed by atoms with Crippen molar-refractivity contribution in [1.29, 1.82) is 0 Å². The van der Waals surface area contributed by atoms with E-state index in [1.54, 1.807) is 34.9 Å². The van der Waals surface area contributed by atoms with Gasteiger partial charge in [-0.05, 0) is 18.6 Å². The fraction of sp³-hybridized carbons (Fsp3) is 0.235. The second-order valence-corrected chi connectivity index (χ2v) is 8.51. The SMILES string of the molecule is Nc1ncnc2c1ncn2[C@H]1C=C[C@@H](C([N+](=O)[O-])S(=O)(=O)c2ccccc2)C1. The Labute approximate surface area is 159 Å². The lowest BCUT2D eigenvalue weighted by Crippen LogP contribution is -2.36. The molecule has 11 heteroatoms. The number of hydrogen-bond donors (Lipinski definition) is 1. The van der Waals surface area contributed by atoms with Crippen LogP contribution < -0.4 is 5.73 Å². The minimum Gasteiger partial charge on any atom is -0.382 e. The summed E-state index contributed by atoms with van der Waals surface area (Å²) in [5.74, 6) is -0.557. The van der Waals surface area contributed by atoms with Crippen LogP contribution in [-0.2, 0) is 9.84 Å². The van der Waals surface area contributed by atoms with Gasteiger partial charge in [0.1, 0.15) is 11.8 Å². The maximum atomic E-state index is 12.9. The summed E-state index contributed by atoms with van der Waals surface area (Å²) < 4.78 is 27.5. The van der Waals surface area contributed by atoms with Crippen molar-refractivity contribution in [1.82, 2.24) is 19.5 Å². The van der Waals surface area contributed by atoms with Crippen molar-refractivity contribution in [3.05, 3.63) is 65.3 Å². The summed E-state index contributed by atoms with van der Waals surface area (Å²) in [5, 5.41) is 9.92. The predicted octanol–water partition coefficient (Wildman–Crippen LogP) is 1.60. The van der Waals surface area contributed by atoms with Crippen LogP contribution in [0, 0.1) is 16.0 Å². The Morgan fingerprint density at radius 2 is 1.93 bits per heavy atom. The van der Waals surface area contributed by atoms with E-state index in [-0.39, 0.29) is 23.2 Å². The topological polar surface area (TPSA) is 147 Å². The first-order valence-electron chi connectivity index (χ1n) is 8.43. The average Bonchev–Trinajstić information content (AvgIpc) is 3.30. The zero-order valence-electron chi connectivity index (χ0n) is 14.5. The summed E-state index contributed by atoms with van der Waals surface area (Å²) in [7, 11) is -4.15. The van der Waals surface area contributed by atoms with Gasteiger partial charge in [0.25, 0.3) is 0 Å². The molecule has 1 aliphatic rings. The number of fused-ring (bicyclic) bond motifs is 1. The summed E-state index contributed by atoms with van der Waals surface area (Å²) in [6, 6.07) is 7.15. The smallest absolute Gasteiger partial charge is 0.320 e.